The van der Waals surface area contributed by atoms with E-state index in [1.807, 2.05) is 23.6 Å². The van der Waals surface area contributed by atoms with Gasteiger partial charge in [-0.2, -0.15) is 0 Å². The number of carbonyl (C=O) groups excluding carboxylic acids is 1. The lowest BCUT2D eigenvalue weighted by atomic mass is 10.3. The normalized spacial score (nSPS) is 11.2. The van der Waals surface area contributed by atoms with Crippen LogP contribution in [0.2, 0.25) is 0 Å². The highest BCUT2D eigenvalue weighted by molar-refractivity contribution is 7.99. The average Bonchev–Trinajstić information content (AvgIpc) is 3.16. The van der Waals surface area contributed by atoms with Crippen LogP contribution >= 0.6 is 23.1 Å². The average molecular weight is 411 g/mol. The number of hydrogen-bond acceptors (Lipinski definition) is 6. The lowest BCUT2D eigenvalue weighted by Gasteiger charge is -2.09. The largest absolute Gasteiger partial charge is 0.573 e. The summed E-state index contributed by atoms with van der Waals surface area (Å²) < 4.78 is 40.1. The Balaban J connectivity index is 1.49. The van der Waals surface area contributed by atoms with E-state index in [1.165, 1.54) is 23.9 Å². The van der Waals surface area contributed by atoms with Gasteiger partial charge in [-0.3, -0.25) is 4.79 Å². The summed E-state index contributed by atoms with van der Waals surface area (Å²) in [4.78, 5) is 13.0. The van der Waals surface area contributed by atoms with Crippen molar-refractivity contribution in [3.8, 4) is 16.3 Å². The Kier molecular flexibility index (Phi) is 5.97. The Hall–Kier alpha value is -2.59. The van der Waals surface area contributed by atoms with Gasteiger partial charge in [0, 0.05) is 5.69 Å². The molecule has 0 unspecified atom stereocenters. The first-order chi connectivity index (χ1) is 12.9. The maximum absolute atomic E-state index is 12.1. The fourth-order valence-corrected chi connectivity index (χ4v) is 3.33. The van der Waals surface area contributed by atoms with Crippen molar-refractivity contribution in [2.45, 2.75) is 11.4 Å². The van der Waals surface area contributed by atoms with Crippen LogP contribution < -0.4 is 10.1 Å². The highest BCUT2D eigenvalue weighted by Gasteiger charge is 2.30. The molecule has 140 valence electrons. The van der Waals surface area contributed by atoms with Gasteiger partial charge in [-0.05, 0) is 47.8 Å². The number of anilines is 1. The zero-order chi connectivity index (χ0) is 19.3. The van der Waals surface area contributed by atoms with Gasteiger partial charge in [0.2, 0.25) is 5.91 Å². The van der Waals surface area contributed by atoms with Crippen LogP contribution in [0.5, 0.6) is 5.75 Å². The predicted octanol–water partition coefficient (Wildman–Crippen LogP) is 4.83. The van der Waals surface area contributed by atoms with Gasteiger partial charge < -0.3 is 10.1 Å². The molecule has 0 bridgehead atoms. The quantitative estimate of drug-likeness (QED) is 0.589. The minimum Gasteiger partial charge on any atom is -0.406 e. The van der Waals surface area contributed by atoms with Gasteiger partial charge >= 0.3 is 6.36 Å². The molecule has 1 N–H and O–H groups in total. The van der Waals surface area contributed by atoms with Crippen molar-refractivity contribution in [1.29, 1.82) is 0 Å². The fraction of sp³-hybridized carbons (Fsp3) is 0.118. The molecular weight excluding hydrogens is 399 g/mol. The summed E-state index contributed by atoms with van der Waals surface area (Å²) in [7, 11) is 0. The third-order valence-corrected chi connectivity index (χ3v) is 4.95. The van der Waals surface area contributed by atoms with E-state index in [1.54, 1.807) is 17.4 Å². The number of alkyl halides is 3. The summed E-state index contributed by atoms with van der Waals surface area (Å²) in [6.07, 6.45) is -4.75. The van der Waals surface area contributed by atoms with Crippen molar-refractivity contribution in [1.82, 2.24) is 10.2 Å². The van der Waals surface area contributed by atoms with Gasteiger partial charge in [0.15, 0.2) is 0 Å². The van der Waals surface area contributed by atoms with E-state index in [0.29, 0.717) is 10.7 Å². The molecule has 1 amide bonds. The highest BCUT2D eigenvalue weighted by Crippen LogP contribution is 2.25. The number of rotatable bonds is 6. The van der Waals surface area contributed by atoms with E-state index in [-0.39, 0.29) is 17.4 Å². The molecule has 3 aromatic rings. The molecule has 3 rings (SSSR count). The SMILES string of the molecule is O=C(CSc1ccc(-c2cccs2)nn1)Nc1ccc(OC(F)(F)F)cc1. The maximum atomic E-state index is 12.1. The lowest BCUT2D eigenvalue weighted by molar-refractivity contribution is -0.274. The Labute approximate surface area is 160 Å². The fourth-order valence-electron chi connectivity index (χ4n) is 2.03. The van der Waals surface area contributed by atoms with Gasteiger partial charge in [-0.15, -0.1) is 34.7 Å². The summed E-state index contributed by atoms with van der Waals surface area (Å²) >= 11 is 2.77. The van der Waals surface area contributed by atoms with E-state index < -0.39 is 6.36 Å². The van der Waals surface area contributed by atoms with Gasteiger partial charge in [-0.25, -0.2) is 0 Å². The molecule has 0 fully saturated rings. The van der Waals surface area contributed by atoms with Crippen LogP contribution in [0.1, 0.15) is 0 Å². The third kappa shape index (κ3) is 5.97. The topological polar surface area (TPSA) is 64.1 Å². The number of carbonyl (C=O) groups is 1. The Morgan fingerprint density at radius 3 is 2.48 bits per heavy atom. The molecule has 0 atom stereocenters. The monoisotopic (exact) mass is 411 g/mol. The van der Waals surface area contributed by atoms with Crippen LogP contribution in [0.25, 0.3) is 10.6 Å². The molecule has 0 radical (unpaired) electrons. The molecule has 0 aliphatic carbocycles. The summed E-state index contributed by atoms with van der Waals surface area (Å²) in [6, 6.07) is 12.4. The Morgan fingerprint density at radius 1 is 1.11 bits per heavy atom. The number of aromatic nitrogens is 2. The van der Waals surface area contributed by atoms with Crippen LogP contribution in [-0.4, -0.2) is 28.2 Å². The predicted molar refractivity (Wildman–Crippen MR) is 97.8 cm³/mol. The van der Waals surface area contributed by atoms with Crippen molar-refractivity contribution in [2.24, 2.45) is 0 Å². The number of thiophene rings is 1. The van der Waals surface area contributed by atoms with Gasteiger partial charge in [0.25, 0.3) is 0 Å². The molecule has 0 saturated carbocycles. The number of nitrogens with one attached hydrogen (secondary N) is 1. The number of nitrogens with zero attached hydrogens (tertiary/aromatic N) is 2. The molecule has 2 aromatic heterocycles. The molecule has 0 spiro atoms. The van der Waals surface area contributed by atoms with Crippen LogP contribution in [-0.2, 0) is 4.79 Å². The molecule has 1 aromatic carbocycles. The van der Waals surface area contributed by atoms with Gasteiger partial charge in [0.05, 0.1) is 10.6 Å². The van der Waals surface area contributed by atoms with Gasteiger partial charge in [0.1, 0.15) is 16.5 Å². The number of thioether (sulfide) groups is 1. The molecule has 0 aliphatic rings. The number of benzene rings is 1. The van der Waals surface area contributed by atoms with Crippen molar-refractivity contribution < 1.29 is 22.7 Å². The minimum atomic E-state index is -4.75. The van der Waals surface area contributed by atoms with E-state index >= 15 is 0 Å². The molecule has 10 heteroatoms. The second kappa shape index (κ2) is 8.40. The molecule has 5 nitrogen and oxygen atoms in total. The molecular formula is C17H12F3N3O2S2. The third-order valence-electron chi connectivity index (χ3n) is 3.14. The number of ether oxygens (including phenoxy) is 1. The standard InChI is InChI=1S/C17H12F3N3O2S2/c18-17(19,20)25-12-5-3-11(4-6-12)21-15(24)10-27-16-8-7-13(22-23-16)14-2-1-9-26-14/h1-9H,10H2,(H,21,24). The smallest absolute Gasteiger partial charge is 0.406 e. The zero-order valence-electron chi connectivity index (χ0n) is 13.6. The second-order valence-corrected chi connectivity index (χ2v) is 7.09. The first-order valence-corrected chi connectivity index (χ1v) is 9.42. The van der Waals surface area contributed by atoms with E-state index in [9.17, 15) is 18.0 Å². The lowest BCUT2D eigenvalue weighted by Crippen LogP contribution is -2.17. The highest BCUT2D eigenvalue weighted by atomic mass is 32.2. The number of halogens is 3. The van der Waals surface area contributed by atoms with Crippen molar-refractivity contribution >= 4 is 34.7 Å². The van der Waals surface area contributed by atoms with Crippen LogP contribution in [0.15, 0.2) is 58.9 Å². The van der Waals surface area contributed by atoms with E-state index in [2.05, 4.69) is 20.3 Å². The Bertz CT molecular complexity index is 883. The minimum absolute atomic E-state index is 0.0911. The van der Waals surface area contributed by atoms with E-state index in [0.717, 1.165) is 22.7 Å². The first kappa shape index (κ1) is 19.2. The molecule has 27 heavy (non-hydrogen) atoms. The molecule has 0 aliphatic heterocycles. The van der Waals surface area contributed by atoms with Crippen LogP contribution in [0.3, 0.4) is 0 Å². The molecule has 0 saturated heterocycles. The van der Waals surface area contributed by atoms with Gasteiger partial charge in [-0.1, -0.05) is 17.8 Å². The summed E-state index contributed by atoms with van der Waals surface area (Å²) in [5, 5.41) is 13.3. The van der Waals surface area contributed by atoms with Crippen molar-refractivity contribution in [3.05, 3.63) is 53.9 Å². The summed E-state index contributed by atoms with van der Waals surface area (Å²) in [5.74, 6) is -0.571. The van der Waals surface area contributed by atoms with Crippen molar-refractivity contribution in [3.63, 3.8) is 0 Å². The maximum Gasteiger partial charge on any atom is 0.573 e. The first-order valence-electron chi connectivity index (χ1n) is 7.55. The van der Waals surface area contributed by atoms with Crippen molar-refractivity contribution in [2.75, 3.05) is 11.1 Å². The summed E-state index contributed by atoms with van der Waals surface area (Å²) in [6.45, 7) is 0. The summed E-state index contributed by atoms with van der Waals surface area (Å²) in [5.41, 5.74) is 1.13. The second-order valence-electron chi connectivity index (χ2n) is 5.14. The van der Waals surface area contributed by atoms with E-state index in [4.69, 9.17) is 0 Å². The zero-order valence-corrected chi connectivity index (χ0v) is 15.2. The van der Waals surface area contributed by atoms with Crippen LogP contribution in [0, 0.1) is 0 Å². The number of amides is 1. The number of hydrogen-bond donors (Lipinski definition) is 1. The Morgan fingerprint density at radius 2 is 1.89 bits per heavy atom. The molecule has 2 heterocycles. The van der Waals surface area contributed by atoms with Crippen LogP contribution in [0.4, 0.5) is 18.9 Å².